The molecule has 0 fully saturated rings. The SMILES string of the molecule is CCCCOCCNc1ncc(C(=O)O)c(C)n1. The van der Waals surface area contributed by atoms with Crippen molar-refractivity contribution in [3.05, 3.63) is 17.5 Å². The van der Waals surface area contributed by atoms with Crippen molar-refractivity contribution in [3.63, 3.8) is 0 Å². The number of carboxylic acids is 1. The second-order valence-corrected chi connectivity index (χ2v) is 3.89. The van der Waals surface area contributed by atoms with E-state index in [0.717, 1.165) is 19.4 Å². The van der Waals surface area contributed by atoms with Gasteiger partial charge in [0.1, 0.15) is 0 Å². The highest BCUT2D eigenvalue weighted by atomic mass is 16.5. The quantitative estimate of drug-likeness (QED) is 0.686. The summed E-state index contributed by atoms with van der Waals surface area (Å²) in [6.07, 6.45) is 3.49. The molecule has 0 unspecified atom stereocenters. The maximum Gasteiger partial charge on any atom is 0.339 e. The Morgan fingerprint density at radius 1 is 1.50 bits per heavy atom. The van der Waals surface area contributed by atoms with Crippen LogP contribution in [0.15, 0.2) is 6.20 Å². The van der Waals surface area contributed by atoms with Crippen LogP contribution in [0.5, 0.6) is 0 Å². The molecule has 0 spiro atoms. The number of unbranched alkanes of at least 4 members (excludes halogenated alkanes) is 1. The van der Waals surface area contributed by atoms with Crippen LogP contribution >= 0.6 is 0 Å². The molecular formula is C12H19N3O3. The lowest BCUT2D eigenvalue weighted by Gasteiger charge is -2.07. The predicted octanol–water partition coefficient (Wildman–Crippen LogP) is 1.71. The van der Waals surface area contributed by atoms with Crippen molar-refractivity contribution in [2.24, 2.45) is 0 Å². The van der Waals surface area contributed by atoms with Crippen LogP contribution in [0.4, 0.5) is 5.95 Å². The molecule has 2 N–H and O–H groups in total. The predicted molar refractivity (Wildman–Crippen MR) is 67.9 cm³/mol. The van der Waals surface area contributed by atoms with Gasteiger partial charge in [0, 0.05) is 19.3 Å². The van der Waals surface area contributed by atoms with E-state index in [1.165, 1.54) is 6.20 Å². The third-order valence-corrected chi connectivity index (χ3v) is 2.38. The van der Waals surface area contributed by atoms with Gasteiger partial charge in [-0.3, -0.25) is 0 Å². The lowest BCUT2D eigenvalue weighted by molar-refractivity contribution is 0.0695. The standard InChI is InChI=1S/C12H19N3O3/c1-3-4-6-18-7-5-13-12-14-8-10(11(16)17)9(2)15-12/h8H,3-7H2,1-2H3,(H,16,17)(H,13,14,15). The first-order valence-corrected chi connectivity index (χ1v) is 6.03. The van der Waals surface area contributed by atoms with Crippen molar-refractivity contribution in [3.8, 4) is 0 Å². The number of hydrogen-bond acceptors (Lipinski definition) is 5. The van der Waals surface area contributed by atoms with Gasteiger partial charge in [0.05, 0.1) is 17.9 Å². The molecule has 0 aliphatic rings. The minimum absolute atomic E-state index is 0.125. The summed E-state index contributed by atoms with van der Waals surface area (Å²) < 4.78 is 5.38. The minimum atomic E-state index is -1.01. The molecule has 1 aromatic heterocycles. The van der Waals surface area contributed by atoms with Gasteiger partial charge in [0.25, 0.3) is 0 Å². The largest absolute Gasteiger partial charge is 0.478 e. The molecule has 6 nitrogen and oxygen atoms in total. The fourth-order valence-corrected chi connectivity index (χ4v) is 1.35. The second-order valence-electron chi connectivity index (χ2n) is 3.89. The Kier molecular flexibility index (Phi) is 6.07. The molecule has 6 heteroatoms. The van der Waals surface area contributed by atoms with Crippen LogP contribution in [0, 0.1) is 6.92 Å². The third kappa shape index (κ3) is 4.67. The molecule has 1 aromatic rings. The van der Waals surface area contributed by atoms with Crippen molar-refractivity contribution in [1.82, 2.24) is 9.97 Å². The van der Waals surface area contributed by atoms with E-state index in [1.807, 2.05) is 0 Å². The molecule has 1 heterocycles. The molecule has 18 heavy (non-hydrogen) atoms. The summed E-state index contributed by atoms with van der Waals surface area (Å²) in [7, 11) is 0. The van der Waals surface area contributed by atoms with Crippen LogP contribution in [0.2, 0.25) is 0 Å². The summed E-state index contributed by atoms with van der Waals surface area (Å²) in [5.74, 6) is -0.585. The van der Waals surface area contributed by atoms with Gasteiger partial charge in [0.2, 0.25) is 5.95 Å². The van der Waals surface area contributed by atoms with E-state index in [9.17, 15) is 4.79 Å². The Labute approximate surface area is 106 Å². The van der Waals surface area contributed by atoms with Gasteiger partial charge in [-0.2, -0.15) is 0 Å². The number of aromatic nitrogens is 2. The van der Waals surface area contributed by atoms with Crippen molar-refractivity contribution in [2.75, 3.05) is 25.1 Å². The molecule has 0 aliphatic carbocycles. The molecule has 0 saturated heterocycles. The summed E-state index contributed by atoms with van der Waals surface area (Å²) in [4.78, 5) is 18.8. The van der Waals surface area contributed by atoms with Gasteiger partial charge in [-0.1, -0.05) is 13.3 Å². The van der Waals surface area contributed by atoms with Gasteiger partial charge in [-0.25, -0.2) is 14.8 Å². The molecular weight excluding hydrogens is 234 g/mol. The Bertz CT molecular complexity index is 396. The highest BCUT2D eigenvalue weighted by molar-refractivity contribution is 5.88. The normalized spacial score (nSPS) is 10.3. The molecule has 0 aromatic carbocycles. The van der Waals surface area contributed by atoms with E-state index < -0.39 is 5.97 Å². The number of hydrogen-bond donors (Lipinski definition) is 2. The number of aryl methyl sites for hydroxylation is 1. The Hall–Kier alpha value is -1.69. The van der Waals surface area contributed by atoms with Gasteiger partial charge >= 0.3 is 5.97 Å². The molecule has 0 atom stereocenters. The highest BCUT2D eigenvalue weighted by Gasteiger charge is 2.09. The zero-order chi connectivity index (χ0) is 13.4. The van der Waals surface area contributed by atoms with Crippen molar-refractivity contribution in [1.29, 1.82) is 0 Å². The third-order valence-electron chi connectivity index (χ3n) is 2.38. The number of anilines is 1. The average Bonchev–Trinajstić information content (AvgIpc) is 2.33. The molecule has 0 saturated carbocycles. The number of rotatable bonds is 8. The first-order valence-electron chi connectivity index (χ1n) is 6.03. The number of aromatic carboxylic acids is 1. The molecule has 100 valence electrons. The number of nitrogens with zero attached hydrogens (tertiary/aromatic N) is 2. The number of carboxylic acid groups (broad SMARTS) is 1. The minimum Gasteiger partial charge on any atom is -0.478 e. The zero-order valence-electron chi connectivity index (χ0n) is 10.8. The van der Waals surface area contributed by atoms with E-state index in [1.54, 1.807) is 6.92 Å². The van der Waals surface area contributed by atoms with E-state index in [2.05, 4.69) is 22.2 Å². The summed E-state index contributed by atoms with van der Waals surface area (Å²) >= 11 is 0. The lowest BCUT2D eigenvalue weighted by atomic mass is 10.2. The van der Waals surface area contributed by atoms with Crippen LogP contribution in [-0.2, 0) is 4.74 Å². The van der Waals surface area contributed by atoms with Crippen LogP contribution < -0.4 is 5.32 Å². The Morgan fingerprint density at radius 3 is 2.89 bits per heavy atom. The van der Waals surface area contributed by atoms with Gasteiger partial charge in [0.15, 0.2) is 0 Å². The van der Waals surface area contributed by atoms with E-state index in [-0.39, 0.29) is 5.56 Å². The number of ether oxygens (including phenoxy) is 1. The first kappa shape index (κ1) is 14.4. The fraction of sp³-hybridized carbons (Fsp3) is 0.583. The maximum absolute atomic E-state index is 10.8. The fourth-order valence-electron chi connectivity index (χ4n) is 1.35. The van der Waals surface area contributed by atoms with E-state index >= 15 is 0 Å². The summed E-state index contributed by atoms with van der Waals surface area (Å²) in [6.45, 7) is 5.71. The monoisotopic (exact) mass is 253 g/mol. The Morgan fingerprint density at radius 2 is 2.28 bits per heavy atom. The van der Waals surface area contributed by atoms with Crippen LogP contribution in [0.1, 0.15) is 35.8 Å². The molecule has 0 amide bonds. The summed E-state index contributed by atoms with van der Waals surface area (Å²) in [5.41, 5.74) is 0.576. The Balaban J connectivity index is 2.35. The van der Waals surface area contributed by atoms with Gasteiger partial charge in [-0.05, 0) is 13.3 Å². The first-order chi connectivity index (χ1) is 8.65. The van der Waals surface area contributed by atoms with E-state index in [0.29, 0.717) is 24.8 Å². The number of nitrogens with one attached hydrogen (secondary N) is 1. The smallest absolute Gasteiger partial charge is 0.339 e. The van der Waals surface area contributed by atoms with Crippen molar-refractivity contribution >= 4 is 11.9 Å². The summed E-state index contributed by atoms with van der Waals surface area (Å²) in [6, 6.07) is 0. The van der Waals surface area contributed by atoms with Crippen LogP contribution in [0.3, 0.4) is 0 Å². The maximum atomic E-state index is 10.8. The molecule has 0 aliphatic heterocycles. The molecule has 0 bridgehead atoms. The average molecular weight is 253 g/mol. The molecule has 1 rings (SSSR count). The summed E-state index contributed by atoms with van der Waals surface area (Å²) in [5, 5.41) is 11.8. The van der Waals surface area contributed by atoms with Crippen LogP contribution in [-0.4, -0.2) is 40.8 Å². The van der Waals surface area contributed by atoms with E-state index in [4.69, 9.17) is 9.84 Å². The van der Waals surface area contributed by atoms with Gasteiger partial charge in [-0.15, -0.1) is 0 Å². The van der Waals surface area contributed by atoms with Crippen molar-refractivity contribution < 1.29 is 14.6 Å². The second kappa shape index (κ2) is 7.60. The number of carbonyl (C=O) groups is 1. The van der Waals surface area contributed by atoms with Gasteiger partial charge < -0.3 is 15.2 Å². The zero-order valence-corrected chi connectivity index (χ0v) is 10.8. The van der Waals surface area contributed by atoms with Crippen molar-refractivity contribution in [2.45, 2.75) is 26.7 Å². The topological polar surface area (TPSA) is 84.3 Å². The lowest BCUT2D eigenvalue weighted by Crippen LogP contribution is -2.13. The molecule has 0 radical (unpaired) electrons. The van der Waals surface area contributed by atoms with Crippen LogP contribution in [0.25, 0.3) is 0 Å². The highest BCUT2D eigenvalue weighted by Crippen LogP contribution is 2.06.